The van der Waals surface area contributed by atoms with E-state index in [2.05, 4.69) is 0 Å². The van der Waals surface area contributed by atoms with Crippen LogP contribution in [0.3, 0.4) is 0 Å². The summed E-state index contributed by atoms with van der Waals surface area (Å²) in [6.45, 7) is 1.79. The molecule has 0 aliphatic heterocycles. The Kier molecular flexibility index (Phi) is 6.74. The summed E-state index contributed by atoms with van der Waals surface area (Å²) in [6, 6.07) is 0. The highest BCUT2D eigenvalue weighted by Gasteiger charge is 2.22. The minimum atomic E-state index is -0.308. The van der Waals surface area contributed by atoms with E-state index in [4.69, 9.17) is 62.7 Å². The maximum absolute atomic E-state index is 6.01. The fraction of sp³-hybridized carbons (Fsp3) is 0.333. The van der Waals surface area contributed by atoms with Crippen molar-refractivity contribution in [3.8, 4) is 0 Å². The van der Waals surface area contributed by atoms with Gasteiger partial charge in [0.15, 0.2) is 0 Å². The van der Waals surface area contributed by atoms with E-state index in [1.165, 1.54) is 7.11 Å². The van der Waals surface area contributed by atoms with Crippen molar-refractivity contribution in [3.05, 3.63) is 30.7 Å². The van der Waals surface area contributed by atoms with Gasteiger partial charge in [-0.25, -0.2) is 0 Å². The van der Waals surface area contributed by atoms with Gasteiger partial charge < -0.3 is 10.9 Å². The number of ether oxygens (including phenoxy) is 1. The number of hydrogen-bond donors (Lipinski definition) is 1. The summed E-state index contributed by atoms with van der Waals surface area (Å²) in [7, 11) is 1.54. The van der Waals surface area contributed by atoms with Crippen LogP contribution in [0.25, 0.3) is 0 Å². The van der Waals surface area contributed by atoms with Crippen LogP contribution < -0.4 is 6.15 Å². The van der Waals surface area contributed by atoms with Crippen molar-refractivity contribution in [1.29, 1.82) is 0 Å². The van der Waals surface area contributed by atoms with Gasteiger partial charge >= 0.3 is 0 Å². The minimum Gasteiger partial charge on any atom is -0.377 e. The first-order valence-electron chi connectivity index (χ1n) is 3.95. The molecule has 1 aromatic carbocycles. The topological polar surface area (TPSA) is 44.2 Å². The summed E-state index contributed by atoms with van der Waals surface area (Å²) >= 11 is 29.7. The van der Waals surface area contributed by atoms with Crippen molar-refractivity contribution in [2.24, 2.45) is 0 Å². The Balaban J connectivity index is 0.00000225. The highest BCUT2D eigenvalue weighted by atomic mass is 35.5. The standard InChI is InChI=1S/C9H7Cl5O.H3N/c1-3(15-2)4-5(10)7(12)9(14)8(13)6(4)11;/h3H,1-2H3;1H3. The molecule has 7 heteroatoms. The molecule has 0 fully saturated rings. The number of hydrogen-bond acceptors (Lipinski definition) is 2. The zero-order chi connectivity index (χ0) is 11.7. The maximum atomic E-state index is 6.01. The monoisotopic (exact) mass is 323 g/mol. The molecule has 0 heterocycles. The first-order chi connectivity index (χ1) is 6.91. The molecule has 1 rings (SSSR count). The molecule has 0 aromatic heterocycles. The molecule has 0 spiro atoms. The van der Waals surface area contributed by atoms with Crippen LogP contribution in [0.15, 0.2) is 0 Å². The third kappa shape index (κ3) is 2.88. The predicted octanol–water partition coefficient (Wildman–Crippen LogP) is 5.82. The SMILES string of the molecule is COC(C)c1c(Cl)c(Cl)c(Cl)c(Cl)c1Cl.N. The summed E-state index contributed by atoms with van der Waals surface area (Å²) in [6.07, 6.45) is -0.308. The smallest absolute Gasteiger partial charge is 0.0823 e. The molecule has 0 saturated heterocycles. The van der Waals surface area contributed by atoms with E-state index in [0.29, 0.717) is 5.56 Å². The minimum absolute atomic E-state index is 0. The number of benzene rings is 1. The van der Waals surface area contributed by atoms with E-state index in [-0.39, 0.29) is 37.4 Å². The van der Waals surface area contributed by atoms with E-state index in [0.717, 1.165) is 0 Å². The lowest BCUT2D eigenvalue weighted by Gasteiger charge is -2.16. The van der Waals surface area contributed by atoms with Crippen LogP contribution in [0.2, 0.25) is 25.1 Å². The third-order valence-electron chi connectivity index (χ3n) is 2.00. The van der Waals surface area contributed by atoms with E-state index < -0.39 is 0 Å². The number of halogens is 5. The first-order valence-corrected chi connectivity index (χ1v) is 5.84. The van der Waals surface area contributed by atoms with E-state index in [9.17, 15) is 0 Å². The Labute approximate surface area is 119 Å². The second kappa shape index (κ2) is 6.50. The Morgan fingerprint density at radius 1 is 0.812 bits per heavy atom. The zero-order valence-electron chi connectivity index (χ0n) is 8.58. The van der Waals surface area contributed by atoms with Gasteiger partial charge in [0.2, 0.25) is 0 Å². The fourth-order valence-electron chi connectivity index (χ4n) is 1.10. The summed E-state index contributed by atoms with van der Waals surface area (Å²) in [5.41, 5.74) is 0.542. The van der Waals surface area contributed by atoms with Crippen LogP contribution in [0.1, 0.15) is 18.6 Å². The normalized spacial score (nSPS) is 12.2. The largest absolute Gasteiger partial charge is 0.377 e. The molecule has 0 amide bonds. The van der Waals surface area contributed by atoms with Gasteiger partial charge in [0.05, 0.1) is 31.2 Å². The Morgan fingerprint density at radius 2 is 1.12 bits per heavy atom. The molecule has 0 aliphatic rings. The third-order valence-corrected chi connectivity index (χ3v) is 4.31. The molecule has 0 bridgehead atoms. The predicted molar refractivity (Wildman–Crippen MR) is 71.9 cm³/mol. The lowest BCUT2D eigenvalue weighted by molar-refractivity contribution is 0.120. The highest BCUT2D eigenvalue weighted by Crippen LogP contribution is 2.46. The van der Waals surface area contributed by atoms with Crippen LogP contribution in [0.5, 0.6) is 0 Å². The average molecular weight is 325 g/mol. The maximum Gasteiger partial charge on any atom is 0.0823 e. The van der Waals surface area contributed by atoms with E-state index in [1.54, 1.807) is 6.92 Å². The van der Waals surface area contributed by atoms with Crippen LogP contribution in [0.4, 0.5) is 0 Å². The van der Waals surface area contributed by atoms with Crippen LogP contribution in [0, 0.1) is 0 Å². The Bertz CT molecular complexity index is 367. The molecular weight excluding hydrogens is 315 g/mol. The van der Waals surface area contributed by atoms with Crippen molar-refractivity contribution in [1.82, 2.24) is 6.15 Å². The van der Waals surface area contributed by atoms with Gasteiger partial charge in [0, 0.05) is 12.7 Å². The molecule has 1 atom stereocenters. The second-order valence-corrected chi connectivity index (χ2v) is 4.75. The molecule has 1 unspecified atom stereocenters. The molecule has 1 aromatic rings. The summed E-state index contributed by atoms with van der Waals surface area (Å²) < 4.78 is 5.12. The fourth-order valence-corrected chi connectivity index (χ4v) is 2.56. The van der Waals surface area contributed by atoms with Gasteiger partial charge in [0.1, 0.15) is 0 Å². The zero-order valence-corrected chi connectivity index (χ0v) is 12.4. The molecule has 0 radical (unpaired) electrons. The van der Waals surface area contributed by atoms with Crippen molar-refractivity contribution < 1.29 is 4.74 Å². The molecule has 16 heavy (non-hydrogen) atoms. The average Bonchev–Trinajstić information content (AvgIpc) is 2.23. The number of rotatable bonds is 2. The van der Waals surface area contributed by atoms with Gasteiger partial charge in [-0.15, -0.1) is 0 Å². The molecule has 3 N–H and O–H groups in total. The van der Waals surface area contributed by atoms with Crippen molar-refractivity contribution in [2.45, 2.75) is 13.0 Å². The highest BCUT2D eigenvalue weighted by molar-refractivity contribution is 6.55. The molecule has 0 saturated carbocycles. The first kappa shape index (κ1) is 16.6. The lowest BCUT2D eigenvalue weighted by atomic mass is 10.1. The van der Waals surface area contributed by atoms with Gasteiger partial charge in [0.25, 0.3) is 0 Å². The van der Waals surface area contributed by atoms with Crippen molar-refractivity contribution in [2.75, 3.05) is 7.11 Å². The van der Waals surface area contributed by atoms with Crippen molar-refractivity contribution in [3.63, 3.8) is 0 Å². The van der Waals surface area contributed by atoms with Gasteiger partial charge in [-0.3, -0.25) is 0 Å². The Hall–Kier alpha value is 0.590. The van der Waals surface area contributed by atoms with Gasteiger partial charge in [-0.05, 0) is 6.92 Å². The lowest BCUT2D eigenvalue weighted by Crippen LogP contribution is -1.99. The van der Waals surface area contributed by atoms with Crippen molar-refractivity contribution >= 4 is 58.0 Å². The quantitative estimate of drug-likeness (QED) is 0.550. The number of methoxy groups -OCH3 is 1. The van der Waals surface area contributed by atoms with Crippen LogP contribution in [-0.4, -0.2) is 7.11 Å². The molecule has 2 nitrogen and oxygen atoms in total. The van der Waals surface area contributed by atoms with E-state index >= 15 is 0 Å². The van der Waals surface area contributed by atoms with Crippen LogP contribution in [-0.2, 0) is 4.74 Å². The Morgan fingerprint density at radius 3 is 1.44 bits per heavy atom. The summed E-state index contributed by atoms with van der Waals surface area (Å²) in [5.74, 6) is 0. The molecule has 0 aliphatic carbocycles. The van der Waals surface area contributed by atoms with Crippen LogP contribution >= 0.6 is 58.0 Å². The molecular formula is C9H10Cl5NO. The second-order valence-electron chi connectivity index (χ2n) is 2.86. The summed E-state index contributed by atoms with van der Waals surface area (Å²) in [5, 5.41) is 1.06. The molecule has 92 valence electrons. The van der Waals surface area contributed by atoms with Gasteiger partial charge in [-0.2, -0.15) is 0 Å². The van der Waals surface area contributed by atoms with E-state index in [1.807, 2.05) is 0 Å². The summed E-state index contributed by atoms with van der Waals surface area (Å²) in [4.78, 5) is 0. The van der Waals surface area contributed by atoms with Gasteiger partial charge in [-0.1, -0.05) is 58.0 Å².